The minimum Gasteiger partial charge on any atom is -0.0918 e. The fourth-order valence-corrected chi connectivity index (χ4v) is 4.55. The molecule has 0 radical (unpaired) electrons. The van der Waals surface area contributed by atoms with Gasteiger partial charge in [-0.15, -0.1) is 0 Å². The summed E-state index contributed by atoms with van der Waals surface area (Å²) in [5.74, 6) is 0. The first-order valence-corrected chi connectivity index (χ1v) is 9.63. The molecule has 0 bridgehead atoms. The normalized spacial score (nSPS) is 11.6. The summed E-state index contributed by atoms with van der Waals surface area (Å²) in [4.78, 5) is 0. The van der Waals surface area contributed by atoms with Crippen LogP contribution in [0.1, 0.15) is 11.1 Å². The van der Waals surface area contributed by atoms with Crippen molar-refractivity contribution < 1.29 is 0 Å². The Morgan fingerprint density at radius 2 is 1.40 bits per heavy atom. The molecule has 4 heteroatoms. The van der Waals surface area contributed by atoms with Gasteiger partial charge in [0.05, 0.1) is 0 Å². The maximum absolute atomic E-state index is 5.96. The second-order valence-electron chi connectivity index (χ2n) is 4.86. The summed E-state index contributed by atoms with van der Waals surface area (Å²) in [5.41, 5.74) is 2.65. The molecule has 0 atom stereocenters. The number of hydrogen-bond acceptors (Lipinski definition) is 0. The van der Waals surface area contributed by atoms with E-state index in [1.165, 1.54) is 11.1 Å². The molecule has 0 N–H and O–H groups in total. The van der Waals surface area contributed by atoms with Crippen molar-refractivity contribution >= 4 is 59.4 Å². The van der Waals surface area contributed by atoms with E-state index in [9.17, 15) is 0 Å². The van der Waals surface area contributed by atoms with E-state index in [4.69, 9.17) is 11.6 Å². The second-order valence-corrected chi connectivity index (χ2v) is 7.33. The molecule has 0 aliphatic carbocycles. The minimum absolute atomic E-state index is 0.0362. The zero-order valence-electron chi connectivity index (χ0n) is 10.8. The Morgan fingerprint density at radius 1 is 0.850 bits per heavy atom. The average Bonchev–Trinajstić information content (AvgIpc) is 2.48. The summed E-state index contributed by atoms with van der Waals surface area (Å²) in [7, 11) is 0. The molecule has 0 heterocycles. The van der Waals surface area contributed by atoms with E-state index in [-0.39, 0.29) is 5.41 Å². The van der Waals surface area contributed by atoms with Crippen LogP contribution in [0.25, 0.3) is 0 Å². The Kier molecular flexibility index (Phi) is 6.15. The van der Waals surface area contributed by atoms with E-state index < -0.39 is 0 Å². The molecule has 0 fully saturated rings. The predicted octanol–water partition coefficient (Wildman–Crippen LogP) is 6.37. The lowest BCUT2D eigenvalue weighted by molar-refractivity contribution is 0.551. The zero-order valence-corrected chi connectivity index (χ0v) is 16.3. The third-order valence-corrected chi connectivity index (χ3v) is 6.35. The standard InChI is InChI=1S/C16H14Br3Cl/c17-10-16(11-18,13-3-5-14(19)6-4-13)9-12-1-7-15(20)8-2-12/h1-8H,9-11H2. The van der Waals surface area contributed by atoms with Gasteiger partial charge < -0.3 is 0 Å². The van der Waals surface area contributed by atoms with Gasteiger partial charge in [0.1, 0.15) is 0 Å². The Bertz CT molecular complexity index is 545. The topological polar surface area (TPSA) is 0 Å². The van der Waals surface area contributed by atoms with Crippen LogP contribution in [0.15, 0.2) is 53.0 Å². The quantitative estimate of drug-likeness (QED) is 0.435. The fraction of sp³-hybridized carbons (Fsp3) is 0.250. The van der Waals surface area contributed by atoms with Crippen LogP contribution < -0.4 is 0 Å². The molecule has 0 spiro atoms. The third-order valence-electron chi connectivity index (χ3n) is 3.42. The fourth-order valence-electron chi connectivity index (χ4n) is 2.18. The van der Waals surface area contributed by atoms with E-state index in [0.29, 0.717) is 0 Å². The highest BCUT2D eigenvalue weighted by Crippen LogP contribution is 2.33. The zero-order chi connectivity index (χ0) is 14.6. The van der Waals surface area contributed by atoms with Crippen molar-refractivity contribution in [2.24, 2.45) is 0 Å². The lowest BCUT2D eigenvalue weighted by atomic mass is 9.79. The van der Waals surface area contributed by atoms with E-state index in [2.05, 4.69) is 84.2 Å². The first-order valence-electron chi connectivity index (χ1n) is 6.22. The Balaban J connectivity index is 2.33. The Hall–Kier alpha value is 0.170. The second kappa shape index (κ2) is 7.44. The SMILES string of the molecule is Clc1ccc(CC(CBr)(CBr)c2ccc(Br)cc2)cc1. The average molecular weight is 481 g/mol. The molecule has 0 aromatic heterocycles. The molecule has 20 heavy (non-hydrogen) atoms. The molecular formula is C16H14Br3Cl. The van der Waals surface area contributed by atoms with E-state index in [0.717, 1.165) is 26.6 Å². The van der Waals surface area contributed by atoms with Crippen LogP contribution in [0.4, 0.5) is 0 Å². The molecular weight excluding hydrogens is 467 g/mol. The first-order chi connectivity index (χ1) is 9.59. The molecule has 0 nitrogen and oxygen atoms in total. The molecule has 0 aliphatic rings. The van der Waals surface area contributed by atoms with Crippen LogP contribution in [-0.4, -0.2) is 10.7 Å². The maximum Gasteiger partial charge on any atom is 0.0406 e. The van der Waals surface area contributed by atoms with Crippen LogP contribution in [-0.2, 0) is 11.8 Å². The molecule has 0 unspecified atom stereocenters. The number of hydrogen-bond donors (Lipinski definition) is 0. The first kappa shape index (κ1) is 16.5. The predicted molar refractivity (Wildman–Crippen MR) is 98.6 cm³/mol. The van der Waals surface area contributed by atoms with Gasteiger partial charge in [-0.25, -0.2) is 0 Å². The van der Waals surface area contributed by atoms with Crippen molar-refractivity contribution in [1.82, 2.24) is 0 Å². The van der Waals surface area contributed by atoms with E-state index in [1.807, 2.05) is 12.1 Å². The van der Waals surface area contributed by atoms with Crippen LogP contribution in [0.2, 0.25) is 5.02 Å². The minimum atomic E-state index is 0.0362. The monoisotopic (exact) mass is 478 g/mol. The highest BCUT2D eigenvalue weighted by atomic mass is 79.9. The summed E-state index contributed by atoms with van der Waals surface area (Å²) in [6.07, 6.45) is 0.961. The summed E-state index contributed by atoms with van der Waals surface area (Å²) in [6, 6.07) is 16.7. The molecule has 0 aliphatic heterocycles. The summed E-state index contributed by atoms with van der Waals surface area (Å²) < 4.78 is 1.10. The van der Waals surface area contributed by atoms with E-state index >= 15 is 0 Å². The number of alkyl halides is 2. The lowest BCUT2D eigenvalue weighted by Crippen LogP contribution is -2.32. The smallest absolute Gasteiger partial charge is 0.0406 e. The van der Waals surface area contributed by atoms with Crippen molar-refractivity contribution in [3.8, 4) is 0 Å². The highest BCUT2D eigenvalue weighted by Gasteiger charge is 2.30. The van der Waals surface area contributed by atoms with Gasteiger partial charge in [0.2, 0.25) is 0 Å². The van der Waals surface area contributed by atoms with Gasteiger partial charge in [-0.3, -0.25) is 0 Å². The number of halogens is 4. The van der Waals surface area contributed by atoms with Crippen molar-refractivity contribution in [1.29, 1.82) is 0 Å². The van der Waals surface area contributed by atoms with Crippen molar-refractivity contribution in [2.45, 2.75) is 11.8 Å². The van der Waals surface area contributed by atoms with Crippen LogP contribution >= 0.6 is 59.4 Å². The molecule has 2 aromatic rings. The Morgan fingerprint density at radius 3 is 1.90 bits per heavy atom. The largest absolute Gasteiger partial charge is 0.0918 e. The third kappa shape index (κ3) is 3.88. The number of benzene rings is 2. The molecule has 2 rings (SSSR count). The summed E-state index contributed by atoms with van der Waals surface area (Å²) in [5, 5.41) is 2.58. The lowest BCUT2D eigenvalue weighted by Gasteiger charge is -2.31. The van der Waals surface area contributed by atoms with Crippen LogP contribution in [0.3, 0.4) is 0 Å². The van der Waals surface area contributed by atoms with Gasteiger partial charge in [0.25, 0.3) is 0 Å². The van der Waals surface area contributed by atoms with Crippen LogP contribution in [0.5, 0.6) is 0 Å². The van der Waals surface area contributed by atoms with Crippen LogP contribution in [0, 0.1) is 0 Å². The van der Waals surface area contributed by atoms with E-state index in [1.54, 1.807) is 0 Å². The van der Waals surface area contributed by atoms with Gasteiger partial charge in [0.15, 0.2) is 0 Å². The van der Waals surface area contributed by atoms with Gasteiger partial charge >= 0.3 is 0 Å². The summed E-state index contributed by atoms with van der Waals surface area (Å²) in [6.45, 7) is 0. The van der Waals surface area contributed by atoms with Gasteiger partial charge in [0, 0.05) is 25.6 Å². The molecule has 0 saturated heterocycles. The van der Waals surface area contributed by atoms with Gasteiger partial charge in [-0.2, -0.15) is 0 Å². The van der Waals surface area contributed by atoms with Crippen molar-refractivity contribution in [2.75, 3.05) is 10.7 Å². The summed E-state index contributed by atoms with van der Waals surface area (Å²) >= 11 is 16.8. The van der Waals surface area contributed by atoms with Crippen molar-refractivity contribution in [3.63, 3.8) is 0 Å². The molecule has 0 saturated carbocycles. The molecule has 2 aromatic carbocycles. The highest BCUT2D eigenvalue weighted by molar-refractivity contribution is 9.10. The van der Waals surface area contributed by atoms with Gasteiger partial charge in [-0.05, 0) is 41.8 Å². The molecule has 0 amide bonds. The van der Waals surface area contributed by atoms with Crippen molar-refractivity contribution in [3.05, 3.63) is 69.2 Å². The van der Waals surface area contributed by atoms with Gasteiger partial charge in [-0.1, -0.05) is 83.7 Å². The molecule has 106 valence electrons. The Labute approximate surface area is 150 Å². The maximum atomic E-state index is 5.96. The number of rotatable bonds is 5.